The molecule has 9 nitrogen and oxygen atoms in total. The van der Waals surface area contributed by atoms with E-state index in [1.54, 1.807) is 58.2 Å². The lowest BCUT2D eigenvalue weighted by Gasteiger charge is -2.23. The van der Waals surface area contributed by atoms with E-state index in [-0.39, 0.29) is 36.8 Å². The zero-order valence-corrected chi connectivity index (χ0v) is 23.2. The summed E-state index contributed by atoms with van der Waals surface area (Å²) >= 11 is 0. The molecule has 2 N–H and O–H groups in total. The molecule has 0 bridgehead atoms. The van der Waals surface area contributed by atoms with Gasteiger partial charge in [0.25, 0.3) is 5.91 Å². The lowest BCUT2D eigenvalue weighted by molar-refractivity contribution is 0.0515. The Morgan fingerprint density at radius 1 is 0.976 bits per heavy atom. The summed E-state index contributed by atoms with van der Waals surface area (Å²) in [7, 11) is 0. The zero-order chi connectivity index (χ0) is 29.6. The van der Waals surface area contributed by atoms with Crippen LogP contribution in [0.1, 0.15) is 42.5 Å². The van der Waals surface area contributed by atoms with Gasteiger partial charge in [-0.3, -0.25) is 9.20 Å². The zero-order valence-electron chi connectivity index (χ0n) is 23.2. The number of alkyl carbamates (subject to hydrolysis) is 1. The van der Waals surface area contributed by atoms with Gasteiger partial charge < -0.3 is 24.8 Å². The van der Waals surface area contributed by atoms with Crippen LogP contribution in [0.25, 0.3) is 5.65 Å². The summed E-state index contributed by atoms with van der Waals surface area (Å²) in [5, 5.41) is 5.57. The number of aryl methyl sites for hydroxylation is 1. The van der Waals surface area contributed by atoms with Crippen LogP contribution in [0.3, 0.4) is 0 Å². The minimum Gasteiger partial charge on any atom is -0.491 e. The second-order valence-corrected chi connectivity index (χ2v) is 10.3. The van der Waals surface area contributed by atoms with Crippen molar-refractivity contribution in [3.8, 4) is 11.5 Å². The maximum atomic E-state index is 14.1. The summed E-state index contributed by atoms with van der Waals surface area (Å²) in [6, 6.07) is 15.2. The van der Waals surface area contributed by atoms with Crippen molar-refractivity contribution in [3.63, 3.8) is 0 Å². The monoisotopic (exact) mass is 566 g/mol. The summed E-state index contributed by atoms with van der Waals surface area (Å²) in [4.78, 5) is 30.2. The Kier molecular flexibility index (Phi) is 9.06. The molecule has 2 amide bonds. The molecule has 4 rings (SSSR count). The third-order valence-corrected chi connectivity index (χ3v) is 5.86. The summed E-state index contributed by atoms with van der Waals surface area (Å²) in [6.45, 7) is 6.65. The van der Waals surface area contributed by atoms with Gasteiger partial charge in [0.1, 0.15) is 41.9 Å². The van der Waals surface area contributed by atoms with Crippen molar-refractivity contribution in [1.29, 1.82) is 0 Å². The van der Waals surface area contributed by atoms with E-state index in [9.17, 15) is 18.4 Å². The summed E-state index contributed by atoms with van der Waals surface area (Å²) in [6.07, 6.45) is 1.00. The maximum Gasteiger partial charge on any atom is 0.407 e. The van der Waals surface area contributed by atoms with Gasteiger partial charge in [0.2, 0.25) is 0 Å². The lowest BCUT2D eigenvalue weighted by Crippen LogP contribution is -2.48. The molecule has 2 aromatic heterocycles. The number of ether oxygens (including phenoxy) is 3. The predicted molar refractivity (Wildman–Crippen MR) is 148 cm³/mol. The van der Waals surface area contributed by atoms with Crippen molar-refractivity contribution >= 4 is 17.6 Å². The highest BCUT2D eigenvalue weighted by Gasteiger charge is 2.24. The first kappa shape index (κ1) is 29.3. The molecule has 0 saturated carbocycles. The lowest BCUT2D eigenvalue weighted by atomic mass is 10.2. The van der Waals surface area contributed by atoms with Crippen LogP contribution in [0.2, 0.25) is 0 Å². The molecular formula is C30H32F2N4O5. The topological polar surface area (TPSA) is 103 Å². The SMILES string of the molecule is Cc1nc2c(OCc3c(F)cccc3F)cccn2c1C(=O)NC(CNC(=O)OC(C)(C)C)COc1ccccc1. The number of imidazole rings is 1. The quantitative estimate of drug-likeness (QED) is 0.274. The van der Waals surface area contributed by atoms with Gasteiger partial charge in [-0.15, -0.1) is 0 Å². The van der Waals surface area contributed by atoms with Crippen molar-refractivity contribution in [1.82, 2.24) is 20.0 Å². The first-order chi connectivity index (χ1) is 19.5. The number of hydrogen-bond acceptors (Lipinski definition) is 6. The second kappa shape index (κ2) is 12.7. The van der Waals surface area contributed by atoms with Crippen LogP contribution in [0.5, 0.6) is 11.5 Å². The van der Waals surface area contributed by atoms with Crippen LogP contribution in [-0.4, -0.2) is 46.2 Å². The van der Waals surface area contributed by atoms with E-state index in [1.165, 1.54) is 10.5 Å². The highest BCUT2D eigenvalue weighted by molar-refractivity contribution is 5.95. The third kappa shape index (κ3) is 7.71. The van der Waals surface area contributed by atoms with E-state index in [2.05, 4.69) is 15.6 Å². The number of nitrogens with zero attached hydrogens (tertiary/aromatic N) is 2. The molecule has 0 spiro atoms. The first-order valence-electron chi connectivity index (χ1n) is 13.0. The van der Waals surface area contributed by atoms with Crippen LogP contribution in [-0.2, 0) is 11.3 Å². The van der Waals surface area contributed by atoms with Crippen molar-refractivity contribution in [3.05, 3.63) is 95.4 Å². The minimum atomic E-state index is -0.722. The van der Waals surface area contributed by atoms with Gasteiger partial charge >= 0.3 is 6.09 Å². The van der Waals surface area contributed by atoms with Gasteiger partial charge in [-0.05, 0) is 64.1 Å². The molecule has 1 unspecified atom stereocenters. The molecule has 0 aliphatic heterocycles. The van der Waals surface area contributed by atoms with Crippen LogP contribution in [0, 0.1) is 18.6 Å². The molecule has 2 aromatic carbocycles. The number of amides is 2. The Hall–Kier alpha value is -4.67. The number of para-hydroxylation sites is 1. The number of aromatic nitrogens is 2. The number of nitrogens with one attached hydrogen (secondary N) is 2. The number of rotatable bonds is 10. The predicted octanol–water partition coefficient (Wildman–Crippen LogP) is 5.20. The molecule has 0 aliphatic carbocycles. The number of pyridine rings is 1. The largest absolute Gasteiger partial charge is 0.491 e. The van der Waals surface area contributed by atoms with Gasteiger partial charge in [-0.1, -0.05) is 24.3 Å². The Labute approximate surface area is 236 Å². The number of fused-ring (bicyclic) bond motifs is 1. The molecule has 0 radical (unpaired) electrons. The van der Waals surface area contributed by atoms with Crippen LogP contribution < -0.4 is 20.1 Å². The third-order valence-electron chi connectivity index (χ3n) is 5.86. The molecule has 0 fully saturated rings. The molecular weight excluding hydrogens is 534 g/mol. The van der Waals surface area contributed by atoms with E-state index in [0.717, 1.165) is 12.1 Å². The summed E-state index contributed by atoms with van der Waals surface area (Å²) in [5.74, 6) is -1.07. The van der Waals surface area contributed by atoms with E-state index in [4.69, 9.17) is 14.2 Å². The Morgan fingerprint density at radius 3 is 2.37 bits per heavy atom. The molecule has 0 aliphatic rings. The summed E-state index contributed by atoms with van der Waals surface area (Å²) < 4.78 is 46.6. The number of carbonyl (C=O) groups is 2. The van der Waals surface area contributed by atoms with E-state index in [1.807, 2.05) is 18.2 Å². The average molecular weight is 567 g/mol. The fourth-order valence-electron chi connectivity index (χ4n) is 4.00. The van der Waals surface area contributed by atoms with Crippen molar-refractivity contribution < 1.29 is 32.6 Å². The van der Waals surface area contributed by atoms with Gasteiger partial charge in [-0.25, -0.2) is 18.6 Å². The fourth-order valence-corrected chi connectivity index (χ4v) is 4.00. The smallest absolute Gasteiger partial charge is 0.407 e. The number of benzene rings is 2. The Balaban J connectivity index is 1.52. The van der Waals surface area contributed by atoms with E-state index >= 15 is 0 Å². The van der Waals surface area contributed by atoms with E-state index < -0.39 is 35.3 Å². The van der Waals surface area contributed by atoms with Gasteiger partial charge in [0, 0.05) is 12.7 Å². The molecule has 0 saturated heterocycles. The van der Waals surface area contributed by atoms with Crippen LogP contribution in [0.15, 0.2) is 66.9 Å². The molecule has 11 heteroatoms. The van der Waals surface area contributed by atoms with E-state index in [0.29, 0.717) is 17.1 Å². The van der Waals surface area contributed by atoms with Crippen molar-refractivity contribution in [2.45, 2.75) is 45.9 Å². The molecule has 4 aromatic rings. The van der Waals surface area contributed by atoms with Gasteiger partial charge in [0.15, 0.2) is 11.4 Å². The normalized spacial score (nSPS) is 12.0. The van der Waals surface area contributed by atoms with Crippen molar-refractivity contribution in [2.24, 2.45) is 0 Å². The number of hydrogen-bond donors (Lipinski definition) is 2. The number of halogens is 2. The van der Waals surface area contributed by atoms with Gasteiger partial charge in [0.05, 0.1) is 17.3 Å². The molecule has 41 heavy (non-hydrogen) atoms. The van der Waals surface area contributed by atoms with Crippen molar-refractivity contribution in [2.75, 3.05) is 13.2 Å². The second-order valence-electron chi connectivity index (χ2n) is 10.3. The average Bonchev–Trinajstić information content (AvgIpc) is 3.26. The highest BCUT2D eigenvalue weighted by Crippen LogP contribution is 2.24. The Bertz CT molecular complexity index is 1500. The maximum absolute atomic E-state index is 14.1. The Morgan fingerprint density at radius 2 is 1.68 bits per heavy atom. The van der Waals surface area contributed by atoms with Crippen LogP contribution >= 0.6 is 0 Å². The summed E-state index contributed by atoms with van der Waals surface area (Å²) in [5.41, 5.74) is 0.0303. The van der Waals surface area contributed by atoms with Gasteiger partial charge in [-0.2, -0.15) is 0 Å². The fraction of sp³-hybridized carbons (Fsp3) is 0.300. The minimum absolute atomic E-state index is 0.0336. The molecule has 2 heterocycles. The highest BCUT2D eigenvalue weighted by atomic mass is 19.1. The molecule has 216 valence electrons. The standard InChI is InChI=1S/C30H32F2N4O5/c1-19-26(36-15-9-14-25(27(36)34-19)40-18-22-23(31)12-8-13-24(22)32)28(37)35-20(16-33-29(38)41-30(2,3)4)17-39-21-10-6-5-7-11-21/h5-15,20H,16-18H2,1-4H3,(H,33,38)(H,35,37). The molecule has 1 atom stereocenters. The first-order valence-corrected chi connectivity index (χ1v) is 13.0. The van der Waals surface area contributed by atoms with Crippen LogP contribution in [0.4, 0.5) is 13.6 Å². The number of carbonyl (C=O) groups excluding carboxylic acids is 2.